The van der Waals surface area contributed by atoms with Gasteiger partial charge in [-0.25, -0.2) is 4.39 Å². The second kappa shape index (κ2) is 7.30. The summed E-state index contributed by atoms with van der Waals surface area (Å²) in [6.45, 7) is 0.573. The van der Waals surface area contributed by atoms with Crippen LogP contribution in [0.1, 0.15) is 24.3 Å². The molecule has 0 aliphatic rings. The van der Waals surface area contributed by atoms with Crippen LogP contribution in [0.5, 0.6) is 5.75 Å². The first kappa shape index (κ1) is 14.1. The first-order chi connectivity index (χ1) is 9.79. The fraction of sp³-hybridized carbons (Fsp3) is 0.235. The van der Waals surface area contributed by atoms with Crippen molar-refractivity contribution in [2.24, 2.45) is 0 Å². The van der Waals surface area contributed by atoms with E-state index in [4.69, 9.17) is 4.74 Å². The van der Waals surface area contributed by atoms with E-state index < -0.39 is 0 Å². The molecule has 1 unspecified atom stereocenters. The van der Waals surface area contributed by atoms with Gasteiger partial charge in [0.15, 0.2) is 0 Å². The van der Waals surface area contributed by atoms with E-state index in [1.807, 2.05) is 30.3 Å². The molecular formula is C17H16FNO. The maximum atomic E-state index is 12.8. The molecule has 0 heterocycles. The molecule has 20 heavy (non-hydrogen) atoms. The van der Waals surface area contributed by atoms with E-state index in [9.17, 15) is 9.65 Å². The predicted molar refractivity (Wildman–Crippen MR) is 75.9 cm³/mol. The summed E-state index contributed by atoms with van der Waals surface area (Å²) in [7, 11) is 0. The van der Waals surface area contributed by atoms with Gasteiger partial charge in [-0.1, -0.05) is 30.3 Å². The van der Waals surface area contributed by atoms with Crippen LogP contribution in [0.25, 0.3) is 0 Å². The summed E-state index contributed by atoms with van der Waals surface area (Å²) in [4.78, 5) is 0. The average Bonchev–Trinajstić information content (AvgIpc) is 2.50. The second-order valence-electron chi connectivity index (χ2n) is 4.54. The molecule has 2 rings (SSSR count). The summed E-state index contributed by atoms with van der Waals surface area (Å²) in [6, 6.07) is 18.0. The van der Waals surface area contributed by atoms with E-state index in [0.29, 0.717) is 13.0 Å². The summed E-state index contributed by atoms with van der Waals surface area (Å²) < 4.78 is 18.4. The molecule has 3 heteroatoms. The van der Waals surface area contributed by atoms with Crippen molar-refractivity contribution in [1.29, 1.82) is 5.26 Å². The van der Waals surface area contributed by atoms with Crippen LogP contribution < -0.4 is 4.74 Å². The van der Waals surface area contributed by atoms with Crippen LogP contribution in [-0.4, -0.2) is 6.61 Å². The number of halogens is 1. The van der Waals surface area contributed by atoms with E-state index in [-0.39, 0.29) is 11.7 Å². The summed E-state index contributed by atoms with van der Waals surface area (Å²) in [5.74, 6) is 0.343. The molecule has 0 N–H and O–H groups in total. The van der Waals surface area contributed by atoms with Gasteiger partial charge < -0.3 is 4.74 Å². The maximum absolute atomic E-state index is 12.8. The van der Waals surface area contributed by atoms with Gasteiger partial charge in [0.25, 0.3) is 0 Å². The zero-order valence-electron chi connectivity index (χ0n) is 11.1. The number of para-hydroxylation sites is 1. The lowest BCUT2D eigenvalue weighted by atomic mass is 9.96. The van der Waals surface area contributed by atoms with E-state index in [2.05, 4.69) is 6.07 Å². The van der Waals surface area contributed by atoms with Gasteiger partial charge in [0, 0.05) is 0 Å². The molecular weight excluding hydrogens is 253 g/mol. The van der Waals surface area contributed by atoms with Gasteiger partial charge >= 0.3 is 0 Å². The van der Waals surface area contributed by atoms with Crippen molar-refractivity contribution < 1.29 is 9.13 Å². The van der Waals surface area contributed by atoms with E-state index >= 15 is 0 Å². The molecule has 0 aliphatic heterocycles. The standard InChI is InChI=1S/C17H16FNO/c18-16-10-8-14(9-11-16)15(13-19)5-4-12-20-17-6-2-1-3-7-17/h1-3,6-11,15H,4-5,12H2. The Morgan fingerprint density at radius 2 is 1.75 bits per heavy atom. The van der Waals surface area contributed by atoms with Gasteiger partial charge in [-0.05, 0) is 42.7 Å². The third kappa shape index (κ3) is 4.10. The van der Waals surface area contributed by atoms with Crippen molar-refractivity contribution in [3.63, 3.8) is 0 Å². The third-order valence-corrected chi connectivity index (χ3v) is 3.08. The molecule has 2 aromatic carbocycles. The molecule has 0 bridgehead atoms. The number of ether oxygens (including phenoxy) is 1. The van der Waals surface area contributed by atoms with Crippen LogP contribution in [0.15, 0.2) is 54.6 Å². The smallest absolute Gasteiger partial charge is 0.123 e. The highest BCUT2D eigenvalue weighted by Crippen LogP contribution is 2.21. The molecule has 0 radical (unpaired) electrons. The van der Waals surface area contributed by atoms with Gasteiger partial charge in [0.2, 0.25) is 0 Å². The highest BCUT2D eigenvalue weighted by atomic mass is 19.1. The van der Waals surface area contributed by atoms with Gasteiger partial charge in [-0.2, -0.15) is 5.26 Å². The fourth-order valence-corrected chi connectivity index (χ4v) is 2.00. The molecule has 0 saturated carbocycles. The van der Waals surface area contributed by atoms with Gasteiger partial charge in [-0.15, -0.1) is 0 Å². The lowest BCUT2D eigenvalue weighted by molar-refractivity contribution is 0.305. The fourth-order valence-electron chi connectivity index (χ4n) is 2.00. The lowest BCUT2D eigenvalue weighted by Gasteiger charge is -2.10. The Bertz CT molecular complexity index is 560. The van der Waals surface area contributed by atoms with E-state index in [0.717, 1.165) is 17.7 Å². The molecule has 1 atom stereocenters. The molecule has 2 aromatic rings. The van der Waals surface area contributed by atoms with Crippen molar-refractivity contribution in [3.8, 4) is 11.8 Å². The van der Waals surface area contributed by atoms with Crippen molar-refractivity contribution in [2.45, 2.75) is 18.8 Å². The van der Waals surface area contributed by atoms with Gasteiger partial charge in [-0.3, -0.25) is 0 Å². The molecule has 0 amide bonds. The summed E-state index contributed by atoms with van der Waals surface area (Å²) in [6.07, 6.45) is 1.49. The van der Waals surface area contributed by atoms with Gasteiger partial charge in [0.1, 0.15) is 11.6 Å². The quantitative estimate of drug-likeness (QED) is 0.733. The van der Waals surface area contributed by atoms with Crippen LogP contribution in [0, 0.1) is 17.1 Å². The Kier molecular flexibility index (Phi) is 5.14. The van der Waals surface area contributed by atoms with Crippen LogP contribution in [0.2, 0.25) is 0 Å². The van der Waals surface area contributed by atoms with Crippen molar-refractivity contribution in [2.75, 3.05) is 6.61 Å². The van der Waals surface area contributed by atoms with Crippen molar-refractivity contribution in [1.82, 2.24) is 0 Å². The van der Waals surface area contributed by atoms with E-state index in [1.54, 1.807) is 12.1 Å². The Hall–Kier alpha value is -2.34. The van der Waals surface area contributed by atoms with Crippen LogP contribution >= 0.6 is 0 Å². The molecule has 0 fully saturated rings. The highest BCUT2D eigenvalue weighted by Gasteiger charge is 2.10. The molecule has 0 spiro atoms. The maximum Gasteiger partial charge on any atom is 0.123 e. The number of hydrogen-bond donors (Lipinski definition) is 0. The zero-order valence-corrected chi connectivity index (χ0v) is 11.1. The number of nitrogens with zero attached hydrogens (tertiary/aromatic N) is 1. The minimum Gasteiger partial charge on any atom is -0.494 e. The van der Waals surface area contributed by atoms with E-state index in [1.165, 1.54) is 12.1 Å². The minimum atomic E-state index is -0.280. The normalized spacial score (nSPS) is 11.6. The lowest BCUT2D eigenvalue weighted by Crippen LogP contribution is -2.02. The molecule has 0 aliphatic carbocycles. The highest BCUT2D eigenvalue weighted by molar-refractivity contribution is 5.25. The van der Waals surface area contributed by atoms with Crippen LogP contribution in [0.4, 0.5) is 4.39 Å². The average molecular weight is 269 g/mol. The SMILES string of the molecule is N#CC(CCCOc1ccccc1)c1ccc(F)cc1. The monoisotopic (exact) mass is 269 g/mol. The molecule has 0 saturated heterocycles. The number of benzene rings is 2. The Labute approximate surface area is 118 Å². The Morgan fingerprint density at radius 3 is 2.40 bits per heavy atom. The first-order valence-electron chi connectivity index (χ1n) is 6.62. The summed E-state index contributed by atoms with van der Waals surface area (Å²) in [5, 5.41) is 9.18. The molecule has 102 valence electrons. The molecule has 0 aromatic heterocycles. The van der Waals surface area contributed by atoms with Crippen molar-refractivity contribution >= 4 is 0 Å². The Balaban J connectivity index is 1.80. The first-order valence-corrected chi connectivity index (χ1v) is 6.62. The largest absolute Gasteiger partial charge is 0.494 e. The minimum absolute atomic E-state index is 0.213. The summed E-state index contributed by atoms with van der Waals surface area (Å²) >= 11 is 0. The van der Waals surface area contributed by atoms with Crippen molar-refractivity contribution in [3.05, 3.63) is 66.0 Å². The number of nitriles is 1. The van der Waals surface area contributed by atoms with Crippen LogP contribution in [-0.2, 0) is 0 Å². The second-order valence-corrected chi connectivity index (χ2v) is 4.54. The van der Waals surface area contributed by atoms with Crippen LogP contribution in [0.3, 0.4) is 0 Å². The number of hydrogen-bond acceptors (Lipinski definition) is 2. The third-order valence-electron chi connectivity index (χ3n) is 3.08. The summed E-state index contributed by atoms with van der Waals surface area (Å²) in [5.41, 5.74) is 0.855. The Morgan fingerprint density at radius 1 is 1.05 bits per heavy atom. The zero-order chi connectivity index (χ0) is 14.2. The van der Waals surface area contributed by atoms with Gasteiger partial charge in [0.05, 0.1) is 18.6 Å². The molecule has 2 nitrogen and oxygen atoms in total. The predicted octanol–water partition coefficient (Wildman–Crippen LogP) is 4.29. The number of rotatable bonds is 6. The topological polar surface area (TPSA) is 33.0 Å².